The molecule has 7 N–H and O–H groups in total. The zero-order valence-corrected chi connectivity index (χ0v) is 39.7. The van der Waals surface area contributed by atoms with Crippen molar-refractivity contribution in [3.05, 3.63) is 135 Å². The molecule has 0 bridgehead atoms. The number of hydrogen-bond donors (Lipinski definition) is 5. The Morgan fingerprint density at radius 1 is 0.794 bits per heavy atom. The van der Waals surface area contributed by atoms with Crippen molar-refractivity contribution in [2.45, 2.75) is 103 Å². The molecule has 1 spiro atoms. The smallest absolute Gasteiger partial charge is 0.340 e. The molecule has 4 heterocycles. The molecule has 0 saturated heterocycles. The predicted octanol–water partition coefficient (Wildman–Crippen LogP) is 9.33. The number of amides is 3. The molecule has 0 radical (unpaired) electrons. The number of nitrogens with one attached hydrogen (secondary N) is 3. The molecule has 3 aliphatic rings. The Kier molecular flexibility index (Phi) is 13.9. The van der Waals surface area contributed by atoms with E-state index in [0.29, 0.717) is 82.9 Å². The number of benzene rings is 4. The molecule has 2 aromatic heterocycles. The molecule has 354 valence electrons. The van der Waals surface area contributed by atoms with E-state index in [2.05, 4.69) is 44.1 Å². The predicted molar refractivity (Wildman–Crippen MR) is 268 cm³/mol. The molecular formula is C54H61N7O6S. The van der Waals surface area contributed by atoms with Gasteiger partial charge in [-0.25, -0.2) is 4.79 Å². The average molecular weight is 936 g/mol. The second-order valence-electron chi connectivity index (χ2n) is 18.4. The second kappa shape index (κ2) is 20.3. The van der Waals surface area contributed by atoms with E-state index in [9.17, 15) is 19.2 Å². The van der Waals surface area contributed by atoms with Crippen molar-refractivity contribution in [2.75, 3.05) is 36.0 Å². The number of nitrogens with two attached hydrogens (primary N) is 2. The van der Waals surface area contributed by atoms with Gasteiger partial charge in [-0.05, 0) is 124 Å². The van der Waals surface area contributed by atoms with Crippen molar-refractivity contribution in [1.82, 2.24) is 20.5 Å². The third kappa shape index (κ3) is 9.57. The normalized spacial score (nSPS) is 16.6. The SMILES string of the molecule is CCN(C(=O)Cn1c(CN[C@H]2CC[C@H](C(=O)NCCCCCCCCNC(=O)c3ccc4c(c3)C(=O)OC43c4ccc(N)cc4Oc4cc(N)ccc43)CC2)cc2sccc21)c1cccc(C)c1. The third-order valence-corrected chi connectivity index (χ3v) is 14.7. The van der Waals surface area contributed by atoms with Crippen molar-refractivity contribution < 1.29 is 28.7 Å². The summed E-state index contributed by atoms with van der Waals surface area (Å²) in [6.45, 7) is 6.84. The van der Waals surface area contributed by atoms with Gasteiger partial charge >= 0.3 is 5.97 Å². The zero-order valence-electron chi connectivity index (χ0n) is 38.9. The number of aromatic nitrogens is 1. The molecule has 2 aliphatic heterocycles. The first kappa shape index (κ1) is 46.5. The molecule has 14 heteroatoms. The summed E-state index contributed by atoms with van der Waals surface area (Å²) < 4.78 is 15.7. The summed E-state index contributed by atoms with van der Waals surface area (Å²) in [5.41, 5.74) is 18.8. The van der Waals surface area contributed by atoms with Crippen LogP contribution >= 0.6 is 11.3 Å². The lowest BCUT2D eigenvalue weighted by Gasteiger charge is -2.36. The van der Waals surface area contributed by atoms with E-state index in [1.165, 1.54) is 4.70 Å². The molecule has 6 aromatic rings. The van der Waals surface area contributed by atoms with Crippen molar-refractivity contribution >= 4 is 62.3 Å². The van der Waals surface area contributed by atoms with E-state index >= 15 is 0 Å². The van der Waals surface area contributed by atoms with Crippen molar-refractivity contribution in [3.8, 4) is 11.5 Å². The number of fused-ring (bicyclic) bond motifs is 7. The molecule has 0 unspecified atom stereocenters. The molecule has 9 rings (SSSR count). The Hall–Kier alpha value is -6.64. The van der Waals surface area contributed by atoms with Gasteiger partial charge in [-0.1, -0.05) is 43.9 Å². The van der Waals surface area contributed by atoms with E-state index in [1.807, 2.05) is 36.9 Å². The number of ether oxygens (including phenoxy) is 2. The zero-order chi connectivity index (χ0) is 47.4. The molecule has 3 amide bonds. The molecular weight excluding hydrogens is 875 g/mol. The van der Waals surface area contributed by atoms with Gasteiger partial charge in [-0.3, -0.25) is 14.4 Å². The standard InChI is InChI=1S/C54H61N7O6S/c1-3-60(40-12-10-11-34(2)27-40)50(62)33-61-41(31-49-46(61)23-26-68-49)32-59-39-18-13-35(14-19-39)51(63)57-24-8-6-4-5-7-9-25-58-52(64)36-15-20-43-42(28-36)53(65)67-54(43)44-21-16-37(55)29-47(44)66-48-30-38(56)17-22-45(48)54/h10-12,15-17,20-23,26-31,35,39,59H,3-9,13-14,18-19,24-25,32-33,55-56H2,1-2H3,(H,57,63)(H,58,64)/t35-,39-. The summed E-state index contributed by atoms with van der Waals surface area (Å²) in [5, 5.41) is 12.0. The number of aryl methyl sites for hydroxylation is 1. The number of thiophene rings is 1. The van der Waals surface area contributed by atoms with Gasteiger partial charge in [0.2, 0.25) is 11.8 Å². The lowest BCUT2D eigenvalue weighted by atomic mass is 9.77. The van der Waals surface area contributed by atoms with Gasteiger partial charge in [-0.2, -0.15) is 0 Å². The van der Waals surface area contributed by atoms with Crippen LogP contribution in [0.3, 0.4) is 0 Å². The maximum absolute atomic E-state index is 13.6. The topological polar surface area (TPSA) is 183 Å². The minimum atomic E-state index is -1.27. The van der Waals surface area contributed by atoms with Crippen LogP contribution in [0.15, 0.2) is 96.4 Å². The summed E-state index contributed by atoms with van der Waals surface area (Å²) in [6.07, 6.45) is 9.51. The van der Waals surface area contributed by atoms with Crippen LogP contribution in [-0.2, 0) is 33.0 Å². The summed E-state index contributed by atoms with van der Waals surface area (Å²) >= 11 is 1.70. The van der Waals surface area contributed by atoms with Crippen LogP contribution in [0.5, 0.6) is 11.5 Å². The fourth-order valence-electron chi connectivity index (χ4n) is 10.2. The number of hydrogen-bond acceptors (Lipinski definition) is 10. The monoisotopic (exact) mass is 935 g/mol. The quantitative estimate of drug-likeness (QED) is 0.0319. The Morgan fingerprint density at radius 3 is 2.16 bits per heavy atom. The largest absolute Gasteiger partial charge is 0.456 e. The number of rotatable bonds is 18. The van der Waals surface area contributed by atoms with E-state index < -0.39 is 11.6 Å². The van der Waals surface area contributed by atoms with Crippen LogP contribution in [0.25, 0.3) is 10.2 Å². The first-order valence-corrected chi connectivity index (χ1v) is 25.0. The third-order valence-electron chi connectivity index (χ3n) is 13.8. The van der Waals surface area contributed by atoms with Crippen LogP contribution in [-0.4, -0.2) is 53.9 Å². The number of carbonyl (C=O) groups excluding carboxylic acids is 4. The number of unbranched alkanes of at least 4 members (excludes halogenated alkanes) is 5. The fourth-order valence-corrected chi connectivity index (χ4v) is 11.1. The van der Waals surface area contributed by atoms with Gasteiger partial charge in [0.25, 0.3) is 5.91 Å². The minimum absolute atomic E-state index is 0.0431. The number of anilines is 3. The van der Waals surface area contributed by atoms with Crippen LogP contribution in [0.4, 0.5) is 17.1 Å². The second-order valence-corrected chi connectivity index (χ2v) is 19.4. The fraction of sp³-hybridized carbons (Fsp3) is 0.370. The number of nitrogen functional groups attached to an aromatic ring is 2. The molecule has 1 aliphatic carbocycles. The number of likely N-dealkylation sites (N-methyl/N-ethyl adjacent to an activating group) is 1. The van der Waals surface area contributed by atoms with Crippen molar-refractivity contribution in [3.63, 3.8) is 0 Å². The number of esters is 1. The lowest BCUT2D eigenvalue weighted by Crippen LogP contribution is -2.39. The molecule has 1 saturated carbocycles. The molecule has 68 heavy (non-hydrogen) atoms. The maximum atomic E-state index is 13.6. The van der Waals surface area contributed by atoms with Gasteiger partial charge in [0.05, 0.1) is 15.8 Å². The van der Waals surface area contributed by atoms with E-state index in [0.717, 1.165) is 86.7 Å². The highest BCUT2D eigenvalue weighted by Crippen LogP contribution is 2.56. The highest BCUT2D eigenvalue weighted by molar-refractivity contribution is 7.17. The van der Waals surface area contributed by atoms with Crippen LogP contribution < -0.4 is 37.1 Å². The van der Waals surface area contributed by atoms with E-state index in [4.69, 9.17) is 20.9 Å². The number of carbonyl (C=O) groups is 4. The van der Waals surface area contributed by atoms with Crippen molar-refractivity contribution in [1.29, 1.82) is 0 Å². The van der Waals surface area contributed by atoms with Gasteiger partial charge < -0.3 is 46.4 Å². The highest BCUT2D eigenvalue weighted by atomic mass is 32.1. The summed E-state index contributed by atoms with van der Waals surface area (Å²) in [6, 6.07) is 28.4. The molecule has 0 atom stereocenters. The Bertz CT molecular complexity index is 2790. The average Bonchev–Trinajstić information content (AvgIpc) is 4.01. The Morgan fingerprint density at radius 2 is 1.47 bits per heavy atom. The van der Waals surface area contributed by atoms with Gasteiger partial charge in [0.1, 0.15) is 18.0 Å². The maximum Gasteiger partial charge on any atom is 0.340 e. The molecule has 4 aromatic carbocycles. The van der Waals surface area contributed by atoms with Crippen LogP contribution in [0.2, 0.25) is 0 Å². The Balaban J connectivity index is 0.660. The molecule has 13 nitrogen and oxygen atoms in total. The van der Waals surface area contributed by atoms with Crippen molar-refractivity contribution in [2.24, 2.45) is 5.92 Å². The summed E-state index contributed by atoms with van der Waals surface area (Å²) in [5.74, 6) is 0.451. The van der Waals surface area contributed by atoms with E-state index in [-0.39, 0.29) is 30.2 Å². The Labute approximate surface area is 401 Å². The first-order chi connectivity index (χ1) is 33.0. The van der Waals surface area contributed by atoms with Gasteiger partial charge in [0, 0.05) is 95.3 Å². The first-order valence-electron chi connectivity index (χ1n) is 24.1. The minimum Gasteiger partial charge on any atom is -0.456 e. The van der Waals surface area contributed by atoms with Gasteiger partial charge in [-0.15, -0.1) is 11.3 Å². The van der Waals surface area contributed by atoms with Gasteiger partial charge in [0.15, 0.2) is 5.60 Å². The highest BCUT2D eigenvalue weighted by Gasteiger charge is 2.53. The number of nitrogens with zero attached hydrogens (tertiary/aromatic N) is 2. The summed E-state index contributed by atoms with van der Waals surface area (Å²) in [7, 11) is 0. The van der Waals surface area contributed by atoms with E-state index in [1.54, 1.807) is 65.9 Å². The lowest BCUT2D eigenvalue weighted by molar-refractivity contribution is -0.126. The summed E-state index contributed by atoms with van der Waals surface area (Å²) in [4.78, 5) is 55.3. The van der Waals surface area contributed by atoms with Crippen LogP contribution in [0, 0.1) is 12.8 Å². The molecule has 1 fully saturated rings. The van der Waals surface area contributed by atoms with Crippen LogP contribution in [0.1, 0.15) is 120 Å².